The number of carbonyl (C=O) groups is 1. The number of phenols is 1. The number of benzene rings is 2. The summed E-state index contributed by atoms with van der Waals surface area (Å²) in [6, 6.07) is 7.87. The molecule has 43 heavy (non-hydrogen) atoms. The molecular formula is C25H40N8O7S2Y. The second kappa shape index (κ2) is 20.3. The van der Waals surface area contributed by atoms with E-state index in [0.29, 0.717) is 22.7 Å². The van der Waals surface area contributed by atoms with Gasteiger partial charge in [-0.1, -0.05) is 38.1 Å². The monoisotopic (exact) mass is 717 g/mol. The zero-order valence-electron chi connectivity index (χ0n) is 26.0. The molecule has 0 saturated carbocycles. The maximum atomic E-state index is 11.3. The van der Waals surface area contributed by atoms with Crippen LogP contribution in [0, 0.1) is 6.92 Å². The smallest absolute Gasteiger partial charge is 0.296 e. The summed E-state index contributed by atoms with van der Waals surface area (Å²) in [6.07, 6.45) is 0. The number of phenolic OH excluding ortho intramolecular Hbond substituents is 1. The van der Waals surface area contributed by atoms with Gasteiger partial charge in [0, 0.05) is 87.4 Å². The Balaban J connectivity index is 0. The van der Waals surface area contributed by atoms with Gasteiger partial charge < -0.3 is 24.4 Å². The van der Waals surface area contributed by atoms with E-state index in [1.165, 1.54) is 32.1 Å². The third-order valence-corrected chi connectivity index (χ3v) is 6.07. The molecule has 0 aliphatic rings. The van der Waals surface area contributed by atoms with Crippen LogP contribution in [0.5, 0.6) is 5.75 Å². The standard InChI is InChI=1S/C11H10N2O4S.C8H15N5.C4H9NO3S.C2H6.Y/c1-12-13-10-9(18(15,16)17)6-7-4-2-3-5-8(7)11(10)14;1-6-9-7(12(2)3)11-8(10-6)13(4)5;1-5(2)4(6)3-9(7)8;1-2;/h2-6,14H,1H3,(H,15,16,17);1-5H3;3H2,1-2H3,(H,7,8);1-2H3;. The molecule has 237 valence electrons. The molecule has 3 aromatic rings. The van der Waals surface area contributed by atoms with Crippen LogP contribution in [0.2, 0.25) is 0 Å². The third-order valence-electron chi connectivity index (χ3n) is 4.71. The molecule has 0 aliphatic carbocycles. The molecule has 1 heterocycles. The van der Waals surface area contributed by atoms with E-state index < -0.39 is 26.1 Å². The predicted molar refractivity (Wildman–Crippen MR) is 165 cm³/mol. The predicted octanol–water partition coefficient (Wildman–Crippen LogP) is 3.14. The second-order valence-corrected chi connectivity index (χ2v) is 10.9. The molecule has 3 N–H and O–H groups in total. The van der Waals surface area contributed by atoms with Crippen LogP contribution in [-0.2, 0) is 58.7 Å². The Morgan fingerprint density at radius 3 is 1.84 bits per heavy atom. The SMILES string of the molecule is CC.CN(C)C(=O)CS(=O)O.CN=Nc1c(S(=O)(=O)O)cc2ccccc2c1O.Cc1nc(N(C)C)nc(N(C)C)n1.[Y]. The normalized spacial score (nSPS) is 11.0. The van der Waals surface area contributed by atoms with E-state index in [-0.39, 0.29) is 55.8 Å². The topological polar surface area (TPSA) is 202 Å². The van der Waals surface area contributed by atoms with Crippen LogP contribution >= 0.6 is 0 Å². The molecule has 15 nitrogen and oxygen atoms in total. The molecule has 3 rings (SSSR count). The summed E-state index contributed by atoms with van der Waals surface area (Å²) in [5.74, 6) is 1.14. The van der Waals surface area contributed by atoms with Crippen molar-refractivity contribution in [2.75, 3.05) is 64.9 Å². The molecule has 1 unspecified atom stereocenters. The summed E-state index contributed by atoms with van der Waals surface area (Å²) in [4.78, 5) is 27.7. The molecule has 0 aliphatic heterocycles. The van der Waals surface area contributed by atoms with Crippen molar-refractivity contribution in [3.8, 4) is 5.75 Å². The summed E-state index contributed by atoms with van der Waals surface area (Å²) in [5, 5.41) is 17.9. The van der Waals surface area contributed by atoms with Gasteiger partial charge in [0.15, 0.2) is 16.8 Å². The van der Waals surface area contributed by atoms with Gasteiger partial charge in [-0.05, 0) is 18.4 Å². The molecule has 1 amide bonds. The zero-order chi connectivity index (χ0) is 32.8. The van der Waals surface area contributed by atoms with E-state index in [4.69, 9.17) is 9.11 Å². The average Bonchev–Trinajstić information content (AvgIpc) is 2.90. The number of hydrogen-bond donors (Lipinski definition) is 3. The minimum absolute atomic E-state index is 0. The fourth-order valence-electron chi connectivity index (χ4n) is 2.77. The van der Waals surface area contributed by atoms with Crippen molar-refractivity contribution in [3.05, 3.63) is 36.2 Å². The van der Waals surface area contributed by atoms with Gasteiger partial charge in [0.25, 0.3) is 10.1 Å². The van der Waals surface area contributed by atoms with E-state index in [9.17, 15) is 22.5 Å². The van der Waals surface area contributed by atoms with Gasteiger partial charge in [-0.3, -0.25) is 9.35 Å². The Kier molecular flexibility index (Phi) is 20.0. The average molecular weight is 718 g/mol. The van der Waals surface area contributed by atoms with Crippen LogP contribution < -0.4 is 9.80 Å². The van der Waals surface area contributed by atoms with Crippen LogP contribution in [0.15, 0.2) is 45.5 Å². The number of aryl methyl sites for hydroxylation is 1. The maximum absolute atomic E-state index is 11.3. The van der Waals surface area contributed by atoms with Gasteiger partial charge in [-0.25, -0.2) is 4.21 Å². The summed E-state index contributed by atoms with van der Waals surface area (Å²) in [6.45, 7) is 5.86. The molecule has 0 spiro atoms. The number of fused-ring (bicyclic) bond motifs is 1. The maximum Gasteiger partial charge on any atom is 0.296 e. The summed E-state index contributed by atoms with van der Waals surface area (Å²) < 4.78 is 49.8. The molecule has 1 atom stereocenters. The van der Waals surface area contributed by atoms with E-state index >= 15 is 0 Å². The fourth-order valence-corrected chi connectivity index (χ4v) is 3.90. The van der Waals surface area contributed by atoms with Crippen molar-refractivity contribution in [1.29, 1.82) is 0 Å². The van der Waals surface area contributed by atoms with Crippen molar-refractivity contribution in [2.45, 2.75) is 25.7 Å². The van der Waals surface area contributed by atoms with Crippen molar-refractivity contribution >= 4 is 55.5 Å². The van der Waals surface area contributed by atoms with Gasteiger partial charge in [0.05, 0.1) is 0 Å². The molecule has 0 saturated heterocycles. The number of nitrogens with zero attached hydrogens (tertiary/aromatic N) is 8. The number of aromatic hydroxyl groups is 1. The third kappa shape index (κ3) is 14.6. The number of anilines is 2. The molecule has 0 fully saturated rings. The number of azo groups is 1. The Hall–Kier alpha value is -2.70. The first-order valence-corrected chi connectivity index (χ1v) is 15.1. The van der Waals surface area contributed by atoms with E-state index in [2.05, 4.69) is 25.2 Å². The first kappa shape index (κ1) is 42.4. The first-order chi connectivity index (χ1) is 19.5. The Bertz CT molecular complexity index is 1460. The number of hydrogen-bond acceptors (Lipinski definition) is 12. The molecule has 0 bridgehead atoms. The van der Waals surface area contributed by atoms with E-state index in [1.807, 2.05) is 58.8 Å². The summed E-state index contributed by atoms with van der Waals surface area (Å²) in [5.41, 5.74) is -0.265. The molecule has 2 aromatic carbocycles. The quantitative estimate of drug-likeness (QED) is 0.191. The summed E-state index contributed by atoms with van der Waals surface area (Å²) in [7, 11) is 7.57. The van der Waals surface area contributed by atoms with Crippen LogP contribution in [0.25, 0.3) is 10.8 Å². The van der Waals surface area contributed by atoms with E-state index in [0.717, 1.165) is 5.82 Å². The summed E-state index contributed by atoms with van der Waals surface area (Å²) >= 11 is -2.01. The second-order valence-electron chi connectivity index (χ2n) is 8.59. The molecule has 1 aromatic heterocycles. The molecular weight excluding hydrogens is 677 g/mol. The number of rotatable bonds is 6. The zero-order valence-corrected chi connectivity index (χ0v) is 30.5. The number of aromatic nitrogens is 3. The van der Waals surface area contributed by atoms with Gasteiger partial charge in [0.1, 0.15) is 22.2 Å². The Morgan fingerprint density at radius 2 is 1.47 bits per heavy atom. The van der Waals surface area contributed by atoms with Crippen LogP contribution in [0.4, 0.5) is 17.6 Å². The Labute approximate surface area is 280 Å². The van der Waals surface area contributed by atoms with Crippen molar-refractivity contribution in [2.24, 2.45) is 10.2 Å². The van der Waals surface area contributed by atoms with Gasteiger partial charge in [-0.15, -0.1) is 0 Å². The largest absolute Gasteiger partial charge is 0.505 e. The van der Waals surface area contributed by atoms with Crippen LogP contribution in [-0.4, -0.2) is 108 Å². The Morgan fingerprint density at radius 1 is 0.977 bits per heavy atom. The number of carbonyl (C=O) groups excluding carboxylic acids is 1. The van der Waals surface area contributed by atoms with Crippen molar-refractivity contribution in [1.82, 2.24) is 19.9 Å². The minimum Gasteiger partial charge on any atom is -0.505 e. The van der Waals surface area contributed by atoms with Gasteiger partial charge in [0.2, 0.25) is 17.8 Å². The first-order valence-electron chi connectivity index (χ1n) is 12.4. The minimum atomic E-state index is -4.48. The van der Waals surface area contributed by atoms with E-state index in [1.54, 1.807) is 24.3 Å². The van der Waals surface area contributed by atoms with Crippen molar-refractivity contribution in [3.63, 3.8) is 0 Å². The van der Waals surface area contributed by atoms with Gasteiger partial charge >= 0.3 is 0 Å². The van der Waals surface area contributed by atoms with Gasteiger partial charge in [-0.2, -0.15) is 33.6 Å². The van der Waals surface area contributed by atoms with Crippen molar-refractivity contribution < 1.29 is 64.3 Å². The van der Waals surface area contributed by atoms with Crippen LogP contribution in [0.3, 0.4) is 0 Å². The van der Waals surface area contributed by atoms with Crippen LogP contribution in [0.1, 0.15) is 19.7 Å². The fraction of sp³-hybridized carbons (Fsp3) is 0.440. The number of amides is 1. The molecule has 18 heteroatoms. The molecule has 1 radical (unpaired) electrons.